The van der Waals surface area contributed by atoms with Crippen LogP contribution in [0.1, 0.15) is 15.9 Å². The van der Waals surface area contributed by atoms with Gasteiger partial charge in [0.05, 0.1) is 5.56 Å². The van der Waals surface area contributed by atoms with Gasteiger partial charge in [0.25, 0.3) is 0 Å². The lowest BCUT2D eigenvalue weighted by atomic mass is 10.1. The van der Waals surface area contributed by atoms with Gasteiger partial charge in [-0.15, -0.1) is 0 Å². The van der Waals surface area contributed by atoms with Crippen LogP contribution in [0.25, 0.3) is 6.08 Å². The third kappa shape index (κ3) is 3.38. The molecule has 1 rings (SSSR count). The summed E-state index contributed by atoms with van der Waals surface area (Å²) in [5, 5.41) is 8.48. The lowest BCUT2D eigenvalue weighted by Crippen LogP contribution is -2.01. The van der Waals surface area contributed by atoms with Gasteiger partial charge in [-0.25, -0.2) is 9.18 Å². The highest BCUT2D eigenvalue weighted by molar-refractivity contribution is 5.88. The van der Waals surface area contributed by atoms with E-state index in [0.717, 1.165) is 18.2 Å². The zero-order chi connectivity index (χ0) is 12.3. The molecule has 0 bridgehead atoms. The average molecular weight is 234 g/mol. The lowest BCUT2D eigenvalue weighted by Gasteiger charge is -2.00. The van der Waals surface area contributed by atoms with Gasteiger partial charge in [-0.1, -0.05) is 6.07 Å². The van der Waals surface area contributed by atoms with E-state index in [2.05, 4.69) is 0 Å². The number of alkyl halides is 3. The van der Waals surface area contributed by atoms with E-state index in [4.69, 9.17) is 5.11 Å². The molecule has 1 N–H and O–H groups in total. The highest BCUT2D eigenvalue weighted by Gasteiger charge is 2.21. The van der Waals surface area contributed by atoms with Crippen molar-refractivity contribution in [1.29, 1.82) is 0 Å². The third-order valence-electron chi connectivity index (χ3n) is 1.69. The molecule has 0 fully saturated rings. The molecule has 1 aromatic carbocycles. The van der Waals surface area contributed by atoms with Crippen molar-refractivity contribution in [2.45, 2.75) is 6.18 Å². The number of carboxylic acid groups (broad SMARTS) is 1. The molecule has 0 saturated carbocycles. The summed E-state index contributed by atoms with van der Waals surface area (Å²) in [4.78, 5) is 10.4. The molecule has 6 heteroatoms. The van der Waals surface area contributed by atoms with E-state index in [1.54, 1.807) is 0 Å². The van der Waals surface area contributed by atoms with E-state index < -0.39 is 23.5 Å². The van der Waals surface area contributed by atoms with Crippen LogP contribution in [0.3, 0.4) is 0 Å². The first kappa shape index (κ1) is 12.2. The second-order valence-electron chi connectivity index (χ2n) is 2.92. The maximum Gasteiger partial charge on any atom is 0.409 e. The van der Waals surface area contributed by atoms with E-state index in [1.807, 2.05) is 0 Å². The number of hydrogen-bond acceptors (Lipinski definition) is 1. The number of hydrogen-bond donors (Lipinski definition) is 1. The molecule has 0 atom stereocenters. The molecule has 2 nitrogen and oxygen atoms in total. The number of carbonyl (C=O) groups is 1. The van der Waals surface area contributed by atoms with Crippen molar-refractivity contribution < 1.29 is 27.5 Å². The van der Waals surface area contributed by atoms with E-state index in [0.29, 0.717) is 6.08 Å². The molecule has 0 amide bonds. The van der Waals surface area contributed by atoms with Crippen molar-refractivity contribution in [3.8, 4) is 0 Å². The summed E-state index contributed by atoms with van der Waals surface area (Å²) < 4.78 is 48.3. The third-order valence-corrected chi connectivity index (χ3v) is 1.69. The molecule has 0 aliphatic carbocycles. The van der Waals surface area contributed by atoms with Crippen LogP contribution >= 0.6 is 0 Å². The van der Waals surface area contributed by atoms with E-state index in [9.17, 15) is 22.4 Å². The molecule has 0 aliphatic rings. The SMILES string of the molecule is O=C(O)c1ccc(/C=C/C(F)(F)F)cc1F. The molecule has 0 heterocycles. The van der Waals surface area contributed by atoms with Crippen molar-refractivity contribution in [3.63, 3.8) is 0 Å². The van der Waals surface area contributed by atoms with Crippen LogP contribution in [-0.4, -0.2) is 17.3 Å². The zero-order valence-corrected chi connectivity index (χ0v) is 7.75. The second kappa shape index (κ2) is 4.34. The molecular weight excluding hydrogens is 228 g/mol. The first-order chi connectivity index (χ1) is 7.29. The Kier molecular flexibility index (Phi) is 3.31. The molecule has 0 aliphatic heterocycles. The topological polar surface area (TPSA) is 37.3 Å². The highest BCUT2D eigenvalue weighted by atomic mass is 19.4. The zero-order valence-electron chi connectivity index (χ0n) is 7.75. The number of halogens is 4. The number of rotatable bonds is 2. The van der Waals surface area contributed by atoms with E-state index in [1.165, 1.54) is 0 Å². The van der Waals surface area contributed by atoms with Crippen molar-refractivity contribution in [3.05, 3.63) is 41.2 Å². The number of carboxylic acids is 1. The maximum absolute atomic E-state index is 13.0. The Morgan fingerprint density at radius 1 is 1.31 bits per heavy atom. The normalized spacial score (nSPS) is 12.0. The second-order valence-corrected chi connectivity index (χ2v) is 2.92. The molecule has 0 unspecified atom stereocenters. The summed E-state index contributed by atoms with van der Waals surface area (Å²) in [5.74, 6) is -2.54. The van der Waals surface area contributed by atoms with Crippen LogP contribution in [0.5, 0.6) is 0 Å². The fraction of sp³-hybridized carbons (Fsp3) is 0.100. The van der Waals surface area contributed by atoms with Gasteiger partial charge in [0.2, 0.25) is 0 Å². The van der Waals surface area contributed by atoms with Crippen LogP contribution in [0.4, 0.5) is 17.6 Å². The minimum atomic E-state index is -4.48. The van der Waals surface area contributed by atoms with Crippen LogP contribution in [0, 0.1) is 5.82 Å². The number of benzene rings is 1. The predicted octanol–water partition coefficient (Wildman–Crippen LogP) is 3.10. The Morgan fingerprint density at radius 2 is 1.94 bits per heavy atom. The summed E-state index contributed by atoms with van der Waals surface area (Å²) in [6.07, 6.45) is -3.88. The minimum absolute atomic E-state index is 0.0534. The smallest absolute Gasteiger partial charge is 0.409 e. The molecular formula is C10H6F4O2. The summed E-state index contributed by atoms with van der Waals surface area (Å²) in [7, 11) is 0. The number of aromatic carboxylic acids is 1. The largest absolute Gasteiger partial charge is 0.478 e. The fourth-order valence-electron chi connectivity index (χ4n) is 0.999. The van der Waals surface area contributed by atoms with Gasteiger partial charge in [0.15, 0.2) is 0 Å². The number of allylic oxidation sites excluding steroid dienone is 1. The molecule has 0 saturated heterocycles. The standard InChI is InChI=1S/C10H6F4O2/c11-8-5-6(3-4-10(12,13)14)1-2-7(8)9(15)16/h1-5H,(H,15,16)/b4-3+. The van der Waals surface area contributed by atoms with Crippen molar-refractivity contribution in [2.24, 2.45) is 0 Å². The Labute approximate surface area is 87.8 Å². The van der Waals surface area contributed by atoms with E-state index in [-0.39, 0.29) is 11.6 Å². The Balaban J connectivity index is 2.99. The summed E-state index contributed by atoms with van der Waals surface area (Å²) in [6.45, 7) is 0. The molecule has 0 radical (unpaired) electrons. The molecule has 0 aromatic heterocycles. The Hall–Kier alpha value is -1.85. The van der Waals surface area contributed by atoms with Crippen molar-refractivity contribution >= 4 is 12.0 Å². The van der Waals surface area contributed by atoms with Crippen molar-refractivity contribution in [2.75, 3.05) is 0 Å². The monoisotopic (exact) mass is 234 g/mol. The van der Waals surface area contributed by atoms with E-state index >= 15 is 0 Å². The van der Waals surface area contributed by atoms with Gasteiger partial charge < -0.3 is 5.11 Å². The van der Waals surface area contributed by atoms with Gasteiger partial charge in [-0.3, -0.25) is 0 Å². The maximum atomic E-state index is 13.0. The molecule has 0 spiro atoms. The Bertz CT molecular complexity index is 435. The average Bonchev–Trinajstić information content (AvgIpc) is 2.13. The summed E-state index contributed by atoms with van der Waals surface area (Å²) in [6, 6.07) is 2.73. The van der Waals surface area contributed by atoms with Crippen LogP contribution in [0.2, 0.25) is 0 Å². The summed E-state index contributed by atoms with van der Waals surface area (Å²) >= 11 is 0. The lowest BCUT2D eigenvalue weighted by molar-refractivity contribution is -0.0790. The van der Waals surface area contributed by atoms with Crippen LogP contribution in [0.15, 0.2) is 24.3 Å². The molecule has 86 valence electrons. The quantitative estimate of drug-likeness (QED) is 0.798. The van der Waals surface area contributed by atoms with Gasteiger partial charge in [0, 0.05) is 6.08 Å². The van der Waals surface area contributed by atoms with Gasteiger partial charge >= 0.3 is 12.1 Å². The Morgan fingerprint density at radius 3 is 2.38 bits per heavy atom. The first-order valence-electron chi connectivity index (χ1n) is 4.08. The first-order valence-corrected chi connectivity index (χ1v) is 4.08. The van der Waals surface area contributed by atoms with Crippen LogP contribution < -0.4 is 0 Å². The van der Waals surface area contributed by atoms with Gasteiger partial charge in [0.1, 0.15) is 5.82 Å². The van der Waals surface area contributed by atoms with Crippen molar-refractivity contribution in [1.82, 2.24) is 0 Å². The summed E-state index contributed by atoms with van der Waals surface area (Å²) in [5.41, 5.74) is -0.635. The van der Waals surface area contributed by atoms with Gasteiger partial charge in [-0.2, -0.15) is 13.2 Å². The fourth-order valence-corrected chi connectivity index (χ4v) is 0.999. The molecule has 16 heavy (non-hydrogen) atoms. The highest BCUT2D eigenvalue weighted by Crippen LogP contribution is 2.19. The minimum Gasteiger partial charge on any atom is -0.478 e. The predicted molar refractivity (Wildman–Crippen MR) is 48.4 cm³/mol. The van der Waals surface area contributed by atoms with Crippen LogP contribution in [-0.2, 0) is 0 Å². The van der Waals surface area contributed by atoms with Gasteiger partial charge in [-0.05, 0) is 23.8 Å². The molecule has 1 aromatic rings.